The van der Waals surface area contributed by atoms with Crippen molar-refractivity contribution in [2.45, 2.75) is 44.9 Å². The minimum atomic E-state index is -1.13. The number of hydrogen-bond donors (Lipinski definition) is 3. The van der Waals surface area contributed by atoms with E-state index in [1.807, 2.05) is 35.5 Å². The molecule has 1 saturated heterocycles. The van der Waals surface area contributed by atoms with E-state index in [2.05, 4.69) is 44.4 Å². The topological polar surface area (TPSA) is 98.8 Å². The van der Waals surface area contributed by atoms with Crippen molar-refractivity contribution in [2.75, 3.05) is 23.7 Å². The Hall–Kier alpha value is -3.63. The fourth-order valence-corrected chi connectivity index (χ4v) is 5.21. The van der Waals surface area contributed by atoms with Crippen LogP contribution in [0.2, 0.25) is 0 Å². The lowest BCUT2D eigenvalue weighted by Gasteiger charge is -2.28. The lowest BCUT2D eigenvalue weighted by atomic mass is 10.0. The third-order valence-corrected chi connectivity index (χ3v) is 7.84. The Kier molecular flexibility index (Phi) is 9.56. The van der Waals surface area contributed by atoms with Crippen LogP contribution in [0.25, 0.3) is 0 Å². The first kappa shape index (κ1) is 27.4. The van der Waals surface area contributed by atoms with E-state index in [1.54, 1.807) is 30.7 Å². The summed E-state index contributed by atoms with van der Waals surface area (Å²) in [5, 5.41) is 6.27. The average Bonchev–Trinajstić information content (AvgIpc) is 3.36. The van der Waals surface area contributed by atoms with Crippen molar-refractivity contribution in [3.05, 3.63) is 84.3 Å². The van der Waals surface area contributed by atoms with E-state index >= 15 is 0 Å². The molecule has 3 heterocycles. The Morgan fingerprint density at radius 2 is 1.66 bits per heavy atom. The summed E-state index contributed by atoms with van der Waals surface area (Å²) in [5.41, 5.74) is 3.90. The van der Waals surface area contributed by atoms with Crippen LogP contribution in [-0.4, -0.2) is 41.5 Å². The van der Waals surface area contributed by atoms with Crippen molar-refractivity contribution in [2.24, 2.45) is 5.92 Å². The lowest BCUT2D eigenvalue weighted by Crippen LogP contribution is -2.34. The summed E-state index contributed by atoms with van der Waals surface area (Å²) in [5.74, 6) is 1.44. The molecule has 1 atom stereocenters. The summed E-state index contributed by atoms with van der Waals surface area (Å²) in [6.45, 7) is 8.12. The Balaban J connectivity index is 0.000000360. The van der Waals surface area contributed by atoms with Gasteiger partial charge in [-0.15, -0.1) is 0 Å². The van der Waals surface area contributed by atoms with Crippen LogP contribution in [0.15, 0.2) is 72.0 Å². The van der Waals surface area contributed by atoms with Gasteiger partial charge in [0.2, 0.25) is 5.95 Å². The van der Waals surface area contributed by atoms with E-state index in [4.69, 9.17) is 0 Å². The lowest BCUT2D eigenvalue weighted by molar-refractivity contribution is 0.299. The molecule has 8 nitrogen and oxygen atoms in total. The molecule has 1 fully saturated rings. The Morgan fingerprint density at radius 3 is 2.26 bits per heavy atom. The number of nitrogens with one attached hydrogen (secondary N) is 3. The second-order valence-corrected chi connectivity index (χ2v) is 10.7. The number of benzene rings is 2. The number of imidazole rings is 1. The van der Waals surface area contributed by atoms with E-state index in [0.29, 0.717) is 17.7 Å². The highest BCUT2D eigenvalue weighted by Crippen LogP contribution is 2.23. The number of aryl methyl sites for hydroxylation is 2. The number of H-pyrrole nitrogens is 1. The van der Waals surface area contributed by atoms with Gasteiger partial charge in [-0.25, -0.2) is 22.9 Å². The molecular formula is C28H34FN7OS. The molecule has 0 radical (unpaired) electrons. The molecule has 3 N–H and O–H groups in total. The van der Waals surface area contributed by atoms with Gasteiger partial charge in [0.15, 0.2) is 0 Å². The van der Waals surface area contributed by atoms with Crippen LogP contribution in [0.1, 0.15) is 38.1 Å². The first-order valence-electron chi connectivity index (χ1n) is 12.8. The standard InChI is InChI=1S/C22H24FN5OS.C6H10N2/c1-16-11-14-28(15-12-16)30(29)20-8-6-19(7-9-20)26-22-24-13-10-21(27-22)25-18-4-2-17(23)3-5-18;1-3-6-5(2)7-4-8-6/h2-10,13,16H,11-12,14-15H2,1H3,(H2,24,25,26,27);4H,3H2,1-2H3,(H,7,8). The van der Waals surface area contributed by atoms with Gasteiger partial charge in [-0.2, -0.15) is 4.98 Å². The van der Waals surface area contributed by atoms with E-state index in [-0.39, 0.29) is 5.82 Å². The van der Waals surface area contributed by atoms with Crippen LogP contribution in [0.5, 0.6) is 0 Å². The minimum absolute atomic E-state index is 0.287. The molecule has 0 spiro atoms. The molecular weight excluding hydrogens is 501 g/mol. The van der Waals surface area contributed by atoms with Crippen LogP contribution >= 0.6 is 0 Å². The largest absolute Gasteiger partial charge is 0.348 e. The van der Waals surface area contributed by atoms with Gasteiger partial charge < -0.3 is 15.6 Å². The van der Waals surface area contributed by atoms with Gasteiger partial charge in [0, 0.05) is 36.4 Å². The van der Waals surface area contributed by atoms with Gasteiger partial charge in [-0.3, -0.25) is 0 Å². The Labute approximate surface area is 225 Å². The zero-order valence-electron chi connectivity index (χ0n) is 21.9. The first-order valence-corrected chi connectivity index (χ1v) is 13.9. The fraction of sp³-hybridized carbons (Fsp3) is 0.321. The van der Waals surface area contributed by atoms with Gasteiger partial charge in [-0.1, -0.05) is 13.8 Å². The smallest absolute Gasteiger partial charge is 0.229 e. The number of hydrogen-bond acceptors (Lipinski definition) is 6. The highest BCUT2D eigenvalue weighted by Gasteiger charge is 2.21. The van der Waals surface area contributed by atoms with E-state index in [1.165, 1.54) is 23.5 Å². The zero-order chi connectivity index (χ0) is 26.9. The molecule has 0 saturated carbocycles. The van der Waals surface area contributed by atoms with Crippen LogP contribution < -0.4 is 10.6 Å². The SMILES string of the molecule is CC1CCN(S(=O)c2ccc(Nc3nccc(Nc4ccc(F)cc4)n3)cc2)CC1.CCc1nc[nH]c1C. The quantitative estimate of drug-likeness (QED) is 0.263. The highest BCUT2D eigenvalue weighted by molar-refractivity contribution is 7.82. The number of piperidine rings is 1. The maximum absolute atomic E-state index is 13.0. The van der Waals surface area contributed by atoms with Crippen molar-refractivity contribution in [3.63, 3.8) is 0 Å². The predicted molar refractivity (Wildman–Crippen MR) is 151 cm³/mol. The predicted octanol–water partition coefficient (Wildman–Crippen LogP) is 6.14. The molecule has 2 aromatic carbocycles. The van der Waals surface area contributed by atoms with E-state index in [0.717, 1.165) is 48.6 Å². The molecule has 200 valence electrons. The van der Waals surface area contributed by atoms with E-state index < -0.39 is 11.0 Å². The molecule has 1 aliphatic heterocycles. The minimum Gasteiger partial charge on any atom is -0.348 e. The van der Waals surface area contributed by atoms with Gasteiger partial charge in [0.25, 0.3) is 0 Å². The molecule has 5 rings (SSSR count). The van der Waals surface area contributed by atoms with Crippen molar-refractivity contribution < 1.29 is 8.60 Å². The summed E-state index contributed by atoms with van der Waals surface area (Å²) in [4.78, 5) is 16.5. The number of rotatable bonds is 7. The molecule has 1 unspecified atom stereocenters. The van der Waals surface area contributed by atoms with Crippen LogP contribution in [0.3, 0.4) is 0 Å². The van der Waals surface area contributed by atoms with Crippen LogP contribution in [0, 0.1) is 18.7 Å². The summed E-state index contributed by atoms with van der Waals surface area (Å²) in [7, 11) is -1.13. The third-order valence-electron chi connectivity index (χ3n) is 6.33. The molecule has 0 aliphatic carbocycles. The third kappa shape index (κ3) is 7.69. The Bertz CT molecular complexity index is 1320. The monoisotopic (exact) mass is 535 g/mol. The first-order chi connectivity index (χ1) is 18.4. The zero-order valence-corrected chi connectivity index (χ0v) is 22.8. The van der Waals surface area contributed by atoms with E-state index in [9.17, 15) is 8.60 Å². The van der Waals surface area contributed by atoms with Crippen molar-refractivity contribution in [3.8, 4) is 0 Å². The Morgan fingerprint density at radius 1 is 1.00 bits per heavy atom. The molecule has 1 aliphatic rings. The molecule has 4 aromatic rings. The van der Waals surface area contributed by atoms with Crippen LogP contribution in [-0.2, 0) is 17.4 Å². The fourth-order valence-electron chi connectivity index (χ4n) is 4.00. The van der Waals surface area contributed by atoms with Crippen molar-refractivity contribution >= 4 is 34.1 Å². The summed E-state index contributed by atoms with van der Waals surface area (Å²) in [6.07, 6.45) is 6.57. The molecule has 0 amide bonds. The second kappa shape index (κ2) is 13.3. The normalized spacial score (nSPS) is 14.8. The van der Waals surface area contributed by atoms with Gasteiger partial charge in [0.05, 0.1) is 16.9 Å². The van der Waals surface area contributed by atoms with Gasteiger partial charge in [0.1, 0.15) is 22.6 Å². The van der Waals surface area contributed by atoms with Gasteiger partial charge in [-0.05, 0) is 86.7 Å². The highest BCUT2D eigenvalue weighted by atomic mass is 32.2. The molecule has 10 heteroatoms. The molecule has 0 bridgehead atoms. The summed E-state index contributed by atoms with van der Waals surface area (Å²) in [6, 6.07) is 15.3. The summed E-state index contributed by atoms with van der Waals surface area (Å²) >= 11 is 0. The van der Waals surface area contributed by atoms with Crippen molar-refractivity contribution in [1.82, 2.24) is 24.2 Å². The van der Waals surface area contributed by atoms with Crippen molar-refractivity contribution in [1.29, 1.82) is 0 Å². The number of aromatic nitrogens is 4. The number of aromatic amines is 1. The molecule has 2 aromatic heterocycles. The van der Waals surface area contributed by atoms with Gasteiger partial charge >= 0.3 is 0 Å². The van der Waals surface area contributed by atoms with Crippen LogP contribution in [0.4, 0.5) is 27.5 Å². The number of nitrogens with zero attached hydrogens (tertiary/aromatic N) is 4. The molecule has 38 heavy (non-hydrogen) atoms. The average molecular weight is 536 g/mol. The number of anilines is 4. The number of halogens is 1. The maximum Gasteiger partial charge on any atom is 0.229 e. The second-order valence-electron chi connectivity index (χ2n) is 9.24. The summed E-state index contributed by atoms with van der Waals surface area (Å²) < 4.78 is 27.9. The maximum atomic E-state index is 13.0.